The van der Waals surface area contributed by atoms with E-state index >= 15 is 0 Å². The fourth-order valence-corrected chi connectivity index (χ4v) is 1.79. The summed E-state index contributed by atoms with van der Waals surface area (Å²) in [6.45, 7) is 0.695. The maximum Gasteiger partial charge on any atom is 0.207 e. The second-order valence-electron chi connectivity index (χ2n) is 3.92. The number of H-pyrrole nitrogens is 1. The van der Waals surface area contributed by atoms with Crippen LogP contribution in [-0.2, 0) is 6.54 Å². The van der Waals surface area contributed by atoms with E-state index in [-0.39, 0.29) is 0 Å². The van der Waals surface area contributed by atoms with Gasteiger partial charge in [-0.3, -0.25) is 9.67 Å². The molecule has 5 nitrogen and oxygen atoms in total. The molecule has 0 bridgehead atoms. The van der Waals surface area contributed by atoms with Crippen LogP contribution >= 0.6 is 0 Å². The number of hydrogen-bond donors (Lipinski definition) is 2. The Morgan fingerprint density at radius 2 is 2.11 bits per heavy atom. The number of hydrogen-bond acceptors (Lipinski definition) is 3. The fraction of sp³-hybridized carbons (Fsp3) is 0.0769. The van der Waals surface area contributed by atoms with Gasteiger partial charge in [0.25, 0.3) is 0 Å². The van der Waals surface area contributed by atoms with E-state index in [2.05, 4.69) is 20.5 Å². The molecule has 0 atom stereocenters. The molecule has 0 saturated carbocycles. The first kappa shape index (κ1) is 10.6. The topological polar surface area (TPSA) is 58.5 Å². The first-order valence-electron chi connectivity index (χ1n) is 5.74. The van der Waals surface area contributed by atoms with Crippen molar-refractivity contribution in [2.24, 2.45) is 0 Å². The molecule has 0 saturated heterocycles. The van der Waals surface area contributed by atoms with Crippen molar-refractivity contribution in [3.05, 3.63) is 60.7 Å². The van der Waals surface area contributed by atoms with Crippen molar-refractivity contribution < 1.29 is 0 Å². The first-order valence-corrected chi connectivity index (χ1v) is 5.74. The zero-order valence-corrected chi connectivity index (χ0v) is 9.74. The van der Waals surface area contributed by atoms with E-state index < -0.39 is 0 Å². The molecule has 0 fully saturated rings. The van der Waals surface area contributed by atoms with Gasteiger partial charge in [0.1, 0.15) is 0 Å². The van der Waals surface area contributed by atoms with Gasteiger partial charge in [-0.2, -0.15) is 5.10 Å². The lowest BCUT2D eigenvalue weighted by atomic mass is 10.3. The van der Waals surface area contributed by atoms with Crippen molar-refractivity contribution in [1.82, 2.24) is 19.7 Å². The number of aromatic nitrogens is 4. The lowest BCUT2D eigenvalue weighted by Gasteiger charge is -2.08. The molecule has 0 aliphatic heterocycles. The van der Waals surface area contributed by atoms with Crippen LogP contribution in [0.25, 0.3) is 5.69 Å². The summed E-state index contributed by atoms with van der Waals surface area (Å²) in [7, 11) is 0. The van der Waals surface area contributed by atoms with Crippen molar-refractivity contribution >= 4 is 5.95 Å². The van der Waals surface area contributed by atoms with E-state index in [1.54, 1.807) is 12.4 Å². The monoisotopic (exact) mass is 239 g/mol. The average Bonchev–Trinajstić information content (AvgIpc) is 3.09. The van der Waals surface area contributed by atoms with Crippen LogP contribution < -0.4 is 5.32 Å². The summed E-state index contributed by atoms with van der Waals surface area (Å²) in [5, 5.41) is 9.99. The van der Waals surface area contributed by atoms with Crippen molar-refractivity contribution in [2.75, 3.05) is 5.32 Å². The zero-order chi connectivity index (χ0) is 12.2. The van der Waals surface area contributed by atoms with Crippen molar-refractivity contribution in [3.63, 3.8) is 0 Å². The van der Waals surface area contributed by atoms with E-state index in [1.165, 1.54) is 0 Å². The normalized spacial score (nSPS) is 10.4. The molecule has 0 aliphatic rings. The molecule has 90 valence electrons. The number of para-hydroxylation sites is 1. The van der Waals surface area contributed by atoms with Gasteiger partial charge < -0.3 is 5.32 Å². The number of nitrogens with zero attached hydrogens (tertiary/aromatic N) is 3. The van der Waals surface area contributed by atoms with Crippen LogP contribution in [0.5, 0.6) is 0 Å². The fourth-order valence-electron chi connectivity index (χ4n) is 1.79. The molecule has 0 radical (unpaired) electrons. The molecule has 0 amide bonds. The van der Waals surface area contributed by atoms with Crippen molar-refractivity contribution in [1.29, 1.82) is 0 Å². The minimum absolute atomic E-state index is 0.695. The van der Waals surface area contributed by atoms with Crippen LogP contribution in [0.3, 0.4) is 0 Å². The van der Waals surface area contributed by atoms with E-state index in [4.69, 9.17) is 0 Å². The first-order chi connectivity index (χ1) is 8.93. The third-order valence-electron chi connectivity index (χ3n) is 2.68. The van der Waals surface area contributed by atoms with Gasteiger partial charge in [0, 0.05) is 36.4 Å². The summed E-state index contributed by atoms with van der Waals surface area (Å²) in [4.78, 5) is 4.31. The van der Waals surface area contributed by atoms with Gasteiger partial charge >= 0.3 is 0 Å². The highest BCUT2D eigenvalue weighted by Gasteiger charge is 2.04. The molecule has 1 aromatic carbocycles. The molecule has 2 aromatic heterocycles. The van der Waals surface area contributed by atoms with Gasteiger partial charge in [-0.1, -0.05) is 18.2 Å². The van der Waals surface area contributed by atoms with E-state index in [1.807, 2.05) is 47.3 Å². The third-order valence-corrected chi connectivity index (χ3v) is 2.68. The molecular formula is C13H13N5. The number of rotatable bonds is 4. The average molecular weight is 239 g/mol. The molecule has 2 heterocycles. The Bertz CT molecular complexity index is 597. The Hall–Kier alpha value is -2.56. The number of aromatic amines is 1. The van der Waals surface area contributed by atoms with E-state index in [9.17, 15) is 0 Å². The maximum atomic E-state index is 4.31. The van der Waals surface area contributed by atoms with Crippen LogP contribution in [-0.4, -0.2) is 19.7 Å². The van der Waals surface area contributed by atoms with Gasteiger partial charge in [0.05, 0.1) is 6.20 Å². The summed E-state index contributed by atoms with van der Waals surface area (Å²) in [5.74, 6) is 0.822. The Balaban J connectivity index is 1.80. The molecule has 2 N–H and O–H groups in total. The minimum atomic E-state index is 0.695. The predicted octanol–water partition coefficient (Wildman–Crippen LogP) is 2.21. The van der Waals surface area contributed by atoms with Crippen LogP contribution in [0.1, 0.15) is 5.56 Å². The Morgan fingerprint density at radius 3 is 2.89 bits per heavy atom. The highest BCUT2D eigenvalue weighted by Crippen LogP contribution is 2.14. The van der Waals surface area contributed by atoms with E-state index in [0.717, 1.165) is 17.2 Å². The number of anilines is 1. The highest BCUT2D eigenvalue weighted by atomic mass is 15.2. The smallest absolute Gasteiger partial charge is 0.207 e. The minimum Gasteiger partial charge on any atom is -0.351 e. The number of nitrogens with one attached hydrogen (secondary N) is 2. The summed E-state index contributed by atoms with van der Waals surface area (Å²) in [6.07, 6.45) is 7.38. The third kappa shape index (κ3) is 2.10. The molecule has 18 heavy (non-hydrogen) atoms. The van der Waals surface area contributed by atoms with Gasteiger partial charge in [0.15, 0.2) is 0 Å². The van der Waals surface area contributed by atoms with Crippen LogP contribution in [0.15, 0.2) is 55.1 Å². The quantitative estimate of drug-likeness (QED) is 0.733. The summed E-state index contributed by atoms with van der Waals surface area (Å²) in [6, 6.07) is 10.1. The van der Waals surface area contributed by atoms with Crippen molar-refractivity contribution in [2.45, 2.75) is 6.54 Å². The molecule has 3 rings (SSSR count). The maximum absolute atomic E-state index is 4.31. The predicted molar refractivity (Wildman–Crippen MR) is 69.5 cm³/mol. The summed E-state index contributed by atoms with van der Waals surface area (Å²) >= 11 is 0. The van der Waals surface area contributed by atoms with E-state index in [0.29, 0.717) is 6.54 Å². The van der Waals surface area contributed by atoms with Crippen LogP contribution in [0, 0.1) is 0 Å². The Morgan fingerprint density at radius 1 is 1.22 bits per heavy atom. The SMILES string of the molecule is c1ccc(-n2ccnc2NCc2cn[nH]c2)cc1. The highest BCUT2D eigenvalue weighted by molar-refractivity contribution is 5.41. The zero-order valence-electron chi connectivity index (χ0n) is 9.74. The number of benzene rings is 1. The van der Waals surface area contributed by atoms with Gasteiger partial charge in [-0.05, 0) is 12.1 Å². The second-order valence-corrected chi connectivity index (χ2v) is 3.92. The van der Waals surface area contributed by atoms with Crippen LogP contribution in [0.4, 0.5) is 5.95 Å². The standard InChI is InChI=1S/C13H13N5/c1-2-4-12(5-3-1)18-7-6-14-13(18)15-8-11-9-16-17-10-11/h1-7,9-10H,8H2,(H,14,15)(H,16,17). The largest absolute Gasteiger partial charge is 0.351 e. The molecule has 0 unspecified atom stereocenters. The number of imidazole rings is 1. The molecule has 0 spiro atoms. The van der Waals surface area contributed by atoms with Gasteiger partial charge in [-0.25, -0.2) is 4.98 Å². The lowest BCUT2D eigenvalue weighted by molar-refractivity contribution is 1.00. The van der Waals surface area contributed by atoms with Gasteiger partial charge in [0.2, 0.25) is 5.95 Å². The second kappa shape index (κ2) is 4.75. The van der Waals surface area contributed by atoms with Crippen molar-refractivity contribution in [3.8, 4) is 5.69 Å². The summed E-state index contributed by atoms with van der Waals surface area (Å²) in [5.41, 5.74) is 2.18. The van der Waals surface area contributed by atoms with Gasteiger partial charge in [-0.15, -0.1) is 0 Å². The molecule has 5 heteroatoms. The molecule has 0 aliphatic carbocycles. The summed E-state index contributed by atoms with van der Waals surface area (Å²) < 4.78 is 2.01. The Kier molecular flexibility index (Phi) is 2.79. The Labute approximate surface area is 104 Å². The lowest BCUT2D eigenvalue weighted by Crippen LogP contribution is -2.05. The molecular weight excluding hydrogens is 226 g/mol. The molecule has 3 aromatic rings. The van der Waals surface area contributed by atoms with Crippen LogP contribution in [0.2, 0.25) is 0 Å².